The minimum Gasteiger partial charge on any atom is -0.378 e. The number of aromatic nitrogens is 2. The molecule has 0 unspecified atom stereocenters. The van der Waals surface area contributed by atoms with E-state index in [0.717, 1.165) is 64.0 Å². The van der Waals surface area contributed by atoms with Gasteiger partial charge in [-0.3, -0.25) is 4.68 Å². The third kappa shape index (κ3) is 6.49. The lowest BCUT2D eigenvalue weighted by molar-refractivity contribution is 0.122. The molecule has 29 heavy (non-hydrogen) atoms. The molecule has 0 radical (unpaired) electrons. The first-order valence-electron chi connectivity index (χ1n) is 10.6. The van der Waals surface area contributed by atoms with Crippen molar-refractivity contribution in [2.45, 2.75) is 40.3 Å². The predicted molar refractivity (Wildman–Crippen MR) is 119 cm³/mol. The summed E-state index contributed by atoms with van der Waals surface area (Å²) in [5.74, 6) is 0.859. The number of hydrogen-bond donors (Lipinski definition) is 2. The molecule has 0 atom stereocenters. The van der Waals surface area contributed by atoms with Crippen LogP contribution in [-0.2, 0) is 17.8 Å². The van der Waals surface area contributed by atoms with Gasteiger partial charge in [-0.05, 0) is 51.0 Å². The maximum Gasteiger partial charge on any atom is 0.191 e. The lowest BCUT2D eigenvalue weighted by Gasteiger charge is -2.28. The van der Waals surface area contributed by atoms with E-state index in [4.69, 9.17) is 9.73 Å². The first kappa shape index (κ1) is 21.2. The van der Waals surface area contributed by atoms with E-state index in [1.54, 1.807) is 0 Å². The van der Waals surface area contributed by atoms with E-state index < -0.39 is 0 Å². The molecule has 3 rings (SSSR count). The topological polar surface area (TPSA) is 66.7 Å². The van der Waals surface area contributed by atoms with E-state index in [9.17, 15) is 0 Å². The summed E-state index contributed by atoms with van der Waals surface area (Å²) in [6.45, 7) is 13.0. The Bertz CT molecular complexity index is 777. The standard InChI is InChI=1S/C22H34N6O/c1-4-23-22(24-10-5-11-28-19(3)16-18(2)26-28)25-17-20-6-8-21(9-7-20)27-12-14-29-15-13-27/h6-9,16H,4-5,10-15,17H2,1-3H3,(H2,23,24,25). The fraction of sp³-hybridized carbons (Fsp3) is 0.545. The molecule has 2 aromatic rings. The summed E-state index contributed by atoms with van der Waals surface area (Å²) >= 11 is 0. The van der Waals surface area contributed by atoms with Gasteiger partial charge < -0.3 is 20.3 Å². The van der Waals surface area contributed by atoms with Gasteiger partial charge in [-0.1, -0.05) is 12.1 Å². The van der Waals surface area contributed by atoms with Gasteiger partial charge in [0.1, 0.15) is 0 Å². The van der Waals surface area contributed by atoms with Crippen molar-refractivity contribution in [2.75, 3.05) is 44.3 Å². The second-order valence-corrected chi connectivity index (χ2v) is 7.39. The highest BCUT2D eigenvalue weighted by molar-refractivity contribution is 5.79. The second kappa shape index (κ2) is 10.9. The first-order valence-corrected chi connectivity index (χ1v) is 10.6. The van der Waals surface area contributed by atoms with Crippen LogP contribution in [0.3, 0.4) is 0 Å². The molecule has 1 fully saturated rings. The molecule has 0 saturated carbocycles. The molecular weight excluding hydrogens is 364 g/mol. The van der Waals surface area contributed by atoms with Crippen LogP contribution >= 0.6 is 0 Å². The summed E-state index contributed by atoms with van der Waals surface area (Å²) in [5, 5.41) is 11.3. The lowest BCUT2D eigenvalue weighted by atomic mass is 10.2. The van der Waals surface area contributed by atoms with Crippen LogP contribution in [0.1, 0.15) is 30.3 Å². The number of morpholine rings is 1. The quantitative estimate of drug-likeness (QED) is 0.406. The van der Waals surface area contributed by atoms with Crippen molar-refractivity contribution in [3.63, 3.8) is 0 Å². The number of ether oxygens (including phenoxy) is 1. The lowest BCUT2D eigenvalue weighted by Crippen LogP contribution is -2.38. The summed E-state index contributed by atoms with van der Waals surface area (Å²) in [7, 11) is 0. The molecule has 7 heteroatoms. The van der Waals surface area contributed by atoms with Crippen LogP contribution in [0.15, 0.2) is 35.3 Å². The van der Waals surface area contributed by atoms with Crippen LogP contribution in [0.5, 0.6) is 0 Å². The zero-order valence-electron chi connectivity index (χ0n) is 17.9. The van der Waals surface area contributed by atoms with Gasteiger partial charge in [-0.2, -0.15) is 5.10 Å². The zero-order valence-corrected chi connectivity index (χ0v) is 17.9. The van der Waals surface area contributed by atoms with Crippen molar-refractivity contribution in [1.29, 1.82) is 0 Å². The van der Waals surface area contributed by atoms with Crippen LogP contribution in [0.25, 0.3) is 0 Å². The second-order valence-electron chi connectivity index (χ2n) is 7.39. The van der Waals surface area contributed by atoms with Crippen LogP contribution in [0.2, 0.25) is 0 Å². The molecule has 2 N–H and O–H groups in total. The number of guanidine groups is 1. The van der Waals surface area contributed by atoms with E-state index in [-0.39, 0.29) is 0 Å². The van der Waals surface area contributed by atoms with Crippen LogP contribution in [0.4, 0.5) is 5.69 Å². The van der Waals surface area contributed by atoms with Gasteiger partial charge >= 0.3 is 0 Å². The van der Waals surface area contributed by atoms with E-state index in [1.165, 1.54) is 16.9 Å². The molecule has 2 heterocycles. The summed E-state index contributed by atoms with van der Waals surface area (Å²) in [6, 6.07) is 10.8. The molecule has 0 spiro atoms. The van der Waals surface area contributed by atoms with Crippen molar-refractivity contribution >= 4 is 11.6 Å². The van der Waals surface area contributed by atoms with Gasteiger partial charge in [-0.15, -0.1) is 0 Å². The van der Waals surface area contributed by atoms with Gasteiger partial charge in [0, 0.05) is 44.1 Å². The molecule has 1 aromatic carbocycles. The normalized spacial score (nSPS) is 14.9. The van der Waals surface area contributed by atoms with Crippen molar-refractivity contribution in [3.05, 3.63) is 47.3 Å². The molecule has 0 bridgehead atoms. The fourth-order valence-electron chi connectivity index (χ4n) is 3.48. The Morgan fingerprint density at radius 2 is 1.90 bits per heavy atom. The SMILES string of the molecule is CCNC(=NCc1ccc(N2CCOCC2)cc1)NCCCn1nc(C)cc1C. The number of rotatable bonds is 8. The predicted octanol–water partition coefficient (Wildman–Crippen LogP) is 2.48. The molecule has 1 aliphatic rings. The van der Waals surface area contributed by atoms with E-state index in [1.807, 2.05) is 6.92 Å². The maximum absolute atomic E-state index is 5.43. The highest BCUT2D eigenvalue weighted by atomic mass is 16.5. The zero-order chi connectivity index (χ0) is 20.5. The molecule has 1 saturated heterocycles. The van der Waals surface area contributed by atoms with E-state index >= 15 is 0 Å². The monoisotopic (exact) mass is 398 g/mol. The Labute approximate surface area is 174 Å². The molecule has 7 nitrogen and oxygen atoms in total. The van der Waals surface area contributed by atoms with Crippen molar-refractivity contribution in [1.82, 2.24) is 20.4 Å². The molecule has 158 valence electrons. The molecule has 1 aromatic heterocycles. The van der Waals surface area contributed by atoms with Crippen LogP contribution in [0, 0.1) is 13.8 Å². The highest BCUT2D eigenvalue weighted by Gasteiger charge is 2.10. The van der Waals surface area contributed by atoms with Gasteiger partial charge in [0.15, 0.2) is 5.96 Å². The third-order valence-electron chi connectivity index (χ3n) is 5.02. The molecule has 1 aliphatic heterocycles. The van der Waals surface area contributed by atoms with Crippen molar-refractivity contribution in [3.8, 4) is 0 Å². The number of aryl methyl sites for hydroxylation is 3. The fourth-order valence-corrected chi connectivity index (χ4v) is 3.48. The van der Waals surface area contributed by atoms with Crippen molar-refractivity contribution in [2.24, 2.45) is 4.99 Å². The number of hydrogen-bond acceptors (Lipinski definition) is 4. The van der Waals surface area contributed by atoms with Crippen molar-refractivity contribution < 1.29 is 4.74 Å². The van der Waals surface area contributed by atoms with Crippen LogP contribution < -0.4 is 15.5 Å². The van der Waals surface area contributed by atoms with Gasteiger partial charge in [0.25, 0.3) is 0 Å². The number of nitrogens with one attached hydrogen (secondary N) is 2. The summed E-state index contributed by atoms with van der Waals surface area (Å²) < 4.78 is 7.49. The van der Waals surface area contributed by atoms with E-state index in [0.29, 0.717) is 6.54 Å². The smallest absolute Gasteiger partial charge is 0.191 e. The minimum atomic E-state index is 0.663. The number of aliphatic imine (C=N–C) groups is 1. The number of benzene rings is 1. The average molecular weight is 399 g/mol. The van der Waals surface area contributed by atoms with Gasteiger partial charge in [0.05, 0.1) is 25.5 Å². The summed E-state index contributed by atoms with van der Waals surface area (Å²) in [6.07, 6.45) is 1.00. The number of anilines is 1. The van der Waals surface area contributed by atoms with E-state index in [2.05, 4.69) is 69.5 Å². The minimum absolute atomic E-state index is 0.663. The summed E-state index contributed by atoms with van der Waals surface area (Å²) in [4.78, 5) is 7.10. The average Bonchev–Trinajstić information content (AvgIpc) is 3.07. The Morgan fingerprint density at radius 1 is 1.14 bits per heavy atom. The first-order chi connectivity index (χ1) is 14.2. The van der Waals surface area contributed by atoms with Gasteiger partial charge in [0.2, 0.25) is 0 Å². The number of nitrogens with zero attached hydrogens (tertiary/aromatic N) is 4. The Hall–Kier alpha value is -2.54. The molecule has 0 amide bonds. The Kier molecular flexibility index (Phi) is 7.93. The van der Waals surface area contributed by atoms with Crippen LogP contribution in [-0.4, -0.2) is 55.1 Å². The third-order valence-corrected chi connectivity index (χ3v) is 5.02. The largest absolute Gasteiger partial charge is 0.378 e. The van der Waals surface area contributed by atoms with Gasteiger partial charge in [-0.25, -0.2) is 4.99 Å². The summed E-state index contributed by atoms with van der Waals surface area (Å²) in [5.41, 5.74) is 4.76. The molecular formula is C22H34N6O. The molecule has 0 aliphatic carbocycles. The Morgan fingerprint density at radius 3 is 2.55 bits per heavy atom. The maximum atomic E-state index is 5.43. The Balaban J connectivity index is 1.47. The highest BCUT2D eigenvalue weighted by Crippen LogP contribution is 2.17.